The van der Waals surface area contributed by atoms with E-state index in [4.69, 9.17) is 0 Å². The lowest BCUT2D eigenvalue weighted by Crippen LogP contribution is -2.49. The maximum Gasteiger partial charge on any atom is 0.422 e. The maximum atomic E-state index is 12.4. The first-order chi connectivity index (χ1) is 14.0. The van der Waals surface area contributed by atoms with Crippen LogP contribution < -0.4 is 20.3 Å². The Kier molecular flexibility index (Phi) is 7.58. The fraction of sp³-hybridized carbons (Fsp3) is 0.474. The summed E-state index contributed by atoms with van der Waals surface area (Å²) in [5, 5.41) is 5.93. The molecule has 2 aromatic heterocycles. The van der Waals surface area contributed by atoms with Crippen LogP contribution in [0, 0.1) is 12.8 Å². The SMILES string of the molecule is Cc1nc(NCc2ccnc(OCC(F)(F)F)c2)nc2c1NC(=O)[C@H](C(C)C)N2C.S. The summed E-state index contributed by atoms with van der Waals surface area (Å²) in [5.74, 6) is 0.812. The second-order valence-electron chi connectivity index (χ2n) is 7.38. The minimum absolute atomic E-state index is 0. The van der Waals surface area contributed by atoms with Gasteiger partial charge in [0.05, 0.1) is 5.69 Å². The molecule has 0 spiro atoms. The van der Waals surface area contributed by atoms with Gasteiger partial charge in [-0.15, -0.1) is 0 Å². The van der Waals surface area contributed by atoms with E-state index in [-0.39, 0.29) is 43.8 Å². The molecule has 31 heavy (non-hydrogen) atoms. The number of nitrogens with zero attached hydrogens (tertiary/aromatic N) is 4. The van der Waals surface area contributed by atoms with Crippen LogP contribution >= 0.6 is 13.5 Å². The number of aryl methyl sites for hydroxylation is 1. The summed E-state index contributed by atoms with van der Waals surface area (Å²) in [4.78, 5) is 26.9. The molecular weight excluding hydrogens is 433 g/mol. The van der Waals surface area contributed by atoms with Crippen molar-refractivity contribution in [1.29, 1.82) is 0 Å². The highest BCUT2D eigenvalue weighted by Crippen LogP contribution is 2.34. The van der Waals surface area contributed by atoms with Crippen molar-refractivity contribution in [2.75, 3.05) is 29.2 Å². The van der Waals surface area contributed by atoms with Crippen molar-refractivity contribution in [2.45, 2.75) is 39.5 Å². The molecule has 0 fully saturated rings. The molecule has 2 aromatic rings. The van der Waals surface area contributed by atoms with E-state index in [0.717, 1.165) is 0 Å². The standard InChI is InChI=1S/C19H23F3N6O2.H2S/c1-10(2)15-17(29)26-14-11(3)25-18(27-16(14)28(15)4)24-8-12-5-6-23-13(7-12)30-9-19(20,21)22;/h5-7,10,15H,8-9H2,1-4H3,(H,26,29)(H,24,25,27);1H2/t15-;/m0./s1. The Labute approximate surface area is 185 Å². The largest absolute Gasteiger partial charge is 0.468 e. The fourth-order valence-electron chi connectivity index (χ4n) is 3.27. The van der Waals surface area contributed by atoms with Gasteiger partial charge in [0.1, 0.15) is 11.7 Å². The molecule has 0 saturated carbocycles. The molecule has 170 valence electrons. The molecular formula is C19H25F3N6O2S. The van der Waals surface area contributed by atoms with Gasteiger partial charge in [0.25, 0.3) is 0 Å². The number of carbonyl (C=O) groups excluding carboxylic acids is 1. The Bertz CT molecular complexity index is 941. The van der Waals surface area contributed by atoms with Gasteiger partial charge < -0.3 is 20.3 Å². The first kappa shape index (κ1) is 24.5. The zero-order valence-corrected chi connectivity index (χ0v) is 18.5. The molecule has 0 unspecified atom stereocenters. The van der Waals surface area contributed by atoms with E-state index in [0.29, 0.717) is 28.7 Å². The summed E-state index contributed by atoms with van der Waals surface area (Å²) in [6.07, 6.45) is -3.06. The highest BCUT2D eigenvalue weighted by molar-refractivity contribution is 7.59. The normalized spacial score (nSPS) is 15.8. The Hall–Kier alpha value is -2.76. The van der Waals surface area contributed by atoms with E-state index in [1.807, 2.05) is 25.8 Å². The van der Waals surface area contributed by atoms with Crippen LogP contribution in [0.2, 0.25) is 0 Å². The van der Waals surface area contributed by atoms with Crippen LogP contribution in [-0.4, -0.2) is 46.7 Å². The Balaban J connectivity index is 0.00000341. The number of alkyl halides is 3. The Morgan fingerprint density at radius 3 is 2.68 bits per heavy atom. The number of amides is 1. The number of rotatable bonds is 6. The number of pyridine rings is 1. The number of carbonyl (C=O) groups is 1. The zero-order valence-electron chi connectivity index (χ0n) is 17.5. The molecule has 3 heterocycles. The Morgan fingerprint density at radius 1 is 1.32 bits per heavy atom. The molecule has 0 bridgehead atoms. The number of hydrogen-bond acceptors (Lipinski definition) is 7. The lowest BCUT2D eigenvalue weighted by molar-refractivity contribution is -0.154. The summed E-state index contributed by atoms with van der Waals surface area (Å²) >= 11 is 0. The second kappa shape index (κ2) is 9.58. The van der Waals surface area contributed by atoms with Gasteiger partial charge in [-0.25, -0.2) is 9.97 Å². The van der Waals surface area contributed by atoms with Gasteiger partial charge in [-0.1, -0.05) is 13.8 Å². The summed E-state index contributed by atoms with van der Waals surface area (Å²) in [7, 11) is 1.81. The third-order valence-corrected chi connectivity index (χ3v) is 4.60. The molecule has 1 amide bonds. The van der Waals surface area contributed by atoms with Crippen molar-refractivity contribution < 1.29 is 22.7 Å². The number of hydrogen-bond donors (Lipinski definition) is 2. The van der Waals surface area contributed by atoms with Crippen molar-refractivity contribution >= 4 is 36.9 Å². The lowest BCUT2D eigenvalue weighted by atomic mass is 9.99. The van der Waals surface area contributed by atoms with E-state index >= 15 is 0 Å². The highest BCUT2D eigenvalue weighted by atomic mass is 32.1. The molecule has 0 aliphatic carbocycles. The van der Waals surface area contributed by atoms with Crippen LogP contribution in [-0.2, 0) is 11.3 Å². The number of ether oxygens (including phenoxy) is 1. The van der Waals surface area contributed by atoms with Gasteiger partial charge in [0.2, 0.25) is 17.7 Å². The average Bonchev–Trinajstić information content (AvgIpc) is 2.65. The predicted molar refractivity (Wildman–Crippen MR) is 116 cm³/mol. The third-order valence-electron chi connectivity index (χ3n) is 4.60. The first-order valence-electron chi connectivity index (χ1n) is 9.36. The van der Waals surface area contributed by atoms with Gasteiger partial charge in [-0.05, 0) is 24.5 Å². The number of fused-ring (bicyclic) bond motifs is 1. The zero-order chi connectivity index (χ0) is 22.1. The predicted octanol–water partition coefficient (Wildman–Crippen LogP) is 3.26. The van der Waals surface area contributed by atoms with Crippen LogP contribution in [0.1, 0.15) is 25.1 Å². The average molecular weight is 459 g/mol. The van der Waals surface area contributed by atoms with Crippen LogP contribution in [0.3, 0.4) is 0 Å². The molecule has 0 saturated heterocycles. The van der Waals surface area contributed by atoms with Crippen LogP contribution in [0.5, 0.6) is 5.88 Å². The van der Waals surface area contributed by atoms with E-state index in [1.165, 1.54) is 12.3 Å². The van der Waals surface area contributed by atoms with E-state index in [9.17, 15) is 18.0 Å². The smallest absolute Gasteiger partial charge is 0.422 e. The number of anilines is 3. The minimum atomic E-state index is -4.43. The Morgan fingerprint density at radius 2 is 2.03 bits per heavy atom. The number of likely N-dealkylation sites (N-methyl/N-ethyl adjacent to an activating group) is 1. The van der Waals surface area contributed by atoms with Crippen LogP contribution in [0.25, 0.3) is 0 Å². The lowest BCUT2D eigenvalue weighted by Gasteiger charge is -2.36. The molecule has 0 aromatic carbocycles. The third kappa shape index (κ3) is 5.90. The number of nitrogens with one attached hydrogen (secondary N) is 2. The van der Waals surface area contributed by atoms with E-state index < -0.39 is 12.8 Å². The minimum Gasteiger partial charge on any atom is -0.468 e. The highest BCUT2D eigenvalue weighted by Gasteiger charge is 2.35. The van der Waals surface area contributed by atoms with Crippen molar-refractivity contribution in [3.8, 4) is 5.88 Å². The summed E-state index contributed by atoms with van der Waals surface area (Å²) in [5.41, 5.74) is 1.83. The van der Waals surface area contributed by atoms with Crippen molar-refractivity contribution in [2.24, 2.45) is 5.92 Å². The molecule has 3 rings (SSSR count). The topological polar surface area (TPSA) is 92.3 Å². The molecule has 0 radical (unpaired) electrons. The maximum absolute atomic E-state index is 12.4. The van der Waals surface area contributed by atoms with Gasteiger partial charge in [-0.3, -0.25) is 4.79 Å². The number of halogens is 3. The summed E-state index contributed by atoms with van der Waals surface area (Å²) in [6, 6.07) is 2.72. The van der Waals surface area contributed by atoms with Gasteiger partial charge in [0, 0.05) is 25.9 Å². The fourth-order valence-corrected chi connectivity index (χ4v) is 3.27. The molecule has 1 aliphatic rings. The molecule has 2 N–H and O–H groups in total. The van der Waals surface area contributed by atoms with Gasteiger partial charge in [-0.2, -0.15) is 31.7 Å². The monoisotopic (exact) mass is 458 g/mol. The van der Waals surface area contributed by atoms with Crippen molar-refractivity contribution in [3.63, 3.8) is 0 Å². The molecule has 12 heteroatoms. The molecule has 8 nitrogen and oxygen atoms in total. The molecule has 1 aliphatic heterocycles. The quantitative estimate of drug-likeness (QED) is 0.687. The van der Waals surface area contributed by atoms with E-state index in [2.05, 4.69) is 30.3 Å². The molecule has 1 atom stereocenters. The van der Waals surface area contributed by atoms with Crippen molar-refractivity contribution in [1.82, 2.24) is 15.0 Å². The summed E-state index contributed by atoms with van der Waals surface area (Å²) < 4.78 is 41.6. The van der Waals surface area contributed by atoms with Crippen LogP contribution in [0.15, 0.2) is 18.3 Å². The number of aromatic nitrogens is 3. The summed E-state index contributed by atoms with van der Waals surface area (Å²) in [6.45, 7) is 4.54. The first-order valence-corrected chi connectivity index (χ1v) is 9.36. The second-order valence-corrected chi connectivity index (χ2v) is 7.38. The van der Waals surface area contributed by atoms with Crippen molar-refractivity contribution in [3.05, 3.63) is 29.6 Å². The van der Waals surface area contributed by atoms with Gasteiger partial charge >= 0.3 is 6.18 Å². The van der Waals surface area contributed by atoms with E-state index in [1.54, 1.807) is 13.0 Å². The van der Waals surface area contributed by atoms with Gasteiger partial charge in [0.15, 0.2) is 12.4 Å². The van der Waals surface area contributed by atoms with Crippen LogP contribution in [0.4, 0.5) is 30.6 Å².